The third-order valence-corrected chi connectivity index (χ3v) is 3.26. The minimum Gasteiger partial charge on any atom is -0.384 e. The minimum atomic E-state index is -0.570. The molecule has 0 fully saturated rings. The van der Waals surface area contributed by atoms with E-state index in [1.807, 2.05) is 12.1 Å². The Bertz CT molecular complexity index is 508. The van der Waals surface area contributed by atoms with Gasteiger partial charge in [0.05, 0.1) is 11.6 Å². The highest BCUT2D eigenvalue weighted by Gasteiger charge is 2.31. The number of benzene rings is 1. The molecular weight excluding hydrogens is 204 g/mol. The minimum absolute atomic E-state index is 0.0755. The second kappa shape index (κ2) is 3.07. The molecule has 1 atom stereocenters. The molecule has 2 N–H and O–H groups in total. The summed E-state index contributed by atoms with van der Waals surface area (Å²) in [7, 11) is 0. The molecule has 0 radical (unpaired) electrons. The topological polar surface area (TPSA) is 58.2 Å². The van der Waals surface area contributed by atoms with Gasteiger partial charge in [-0.15, -0.1) is 0 Å². The van der Waals surface area contributed by atoms with Crippen molar-refractivity contribution in [1.82, 2.24) is 0 Å². The van der Waals surface area contributed by atoms with E-state index in [4.69, 9.17) is 0 Å². The van der Waals surface area contributed by atoms with Crippen molar-refractivity contribution in [2.45, 2.75) is 13.3 Å². The number of nitrogens with one attached hydrogen (secondary N) is 2. The van der Waals surface area contributed by atoms with Crippen LogP contribution < -0.4 is 10.6 Å². The fourth-order valence-electron chi connectivity index (χ4n) is 2.25. The molecule has 0 saturated heterocycles. The molecule has 1 amide bonds. The van der Waals surface area contributed by atoms with E-state index >= 15 is 0 Å². The van der Waals surface area contributed by atoms with E-state index in [9.17, 15) is 9.59 Å². The summed E-state index contributed by atoms with van der Waals surface area (Å²) < 4.78 is 0. The third-order valence-electron chi connectivity index (χ3n) is 3.26. The van der Waals surface area contributed by atoms with Gasteiger partial charge in [-0.1, -0.05) is 0 Å². The van der Waals surface area contributed by atoms with E-state index in [1.54, 1.807) is 6.92 Å². The van der Waals surface area contributed by atoms with Gasteiger partial charge < -0.3 is 10.6 Å². The summed E-state index contributed by atoms with van der Waals surface area (Å²) in [6.45, 7) is 2.54. The van der Waals surface area contributed by atoms with Crippen LogP contribution in [-0.2, 0) is 11.2 Å². The van der Waals surface area contributed by atoms with E-state index in [1.165, 1.54) is 0 Å². The van der Waals surface area contributed by atoms with Gasteiger partial charge in [0.25, 0.3) is 0 Å². The van der Waals surface area contributed by atoms with Gasteiger partial charge in [0, 0.05) is 17.8 Å². The van der Waals surface area contributed by atoms with Crippen LogP contribution in [-0.4, -0.2) is 18.2 Å². The normalized spacial score (nSPS) is 22.2. The third kappa shape index (κ3) is 1.16. The average Bonchev–Trinajstić information content (AvgIpc) is 2.71. The van der Waals surface area contributed by atoms with Gasteiger partial charge in [-0.25, -0.2) is 0 Å². The number of rotatable bonds is 0. The van der Waals surface area contributed by atoms with Gasteiger partial charge >= 0.3 is 0 Å². The standard InChI is InChI=1S/C12H12N2O2/c1-6-11(15)8-4-7-2-3-13-9(7)5-10(8)14-12(6)16/h4-6,13H,2-3H2,1H3,(H,14,16). The van der Waals surface area contributed by atoms with Crippen LogP contribution >= 0.6 is 0 Å². The van der Waals surface area contributed by atoms with Gasteiger partial charge in [0.1, 0.15) is 0 Å². The molecule has 0 spiro atoms. The van der Waals surface area contributed by atoms with E-state index in [2.05, 4.69) is 10.6 Å². The molecule has 1 aromatic rings. The summed E-state index contributed by atoms with van der Waals surface area (Å²) in [5, 5.41) is 6.00. The second-order valence-electron chi connectivity index (χ2n) is 4.31. The predicted molar refractivity (Wildman–Crippen MR) is 60.8 cm³/mol. The zero-order valence-electron chi connectivity index (χ0n) is 8.96. The van der Waals surface area contributed by atoms with Crippen LogP contribution in [0.1, 0.15) is 22.8 Å². The zero-order valence-corrected chi connectivity index (χ0v) is 8.96. The molecule has 4 nitrogen and oxygen atoms in total. The highest BCUT2D eigenvalue weighted by atomic mass is 16.2. The van der Waals surface area contributed by atoms with Crippen molar-refractivity contribution >= 4 is 23.1 Å². The first-order valence-corrected chi connectivity index (χ1v) is 5.42. The smallest absolute Gasteiger partial charge is 0.235 e. The molecule has 0 bridgehead atoms. The van der Waals surface area contributed by atoms with Crippen LogP contribution in [0.4, 0.5) is 11.4 Å². The molecule has 82 valence electrons. The summed E-state index contributed by atoms with van der Waals surface area (Å²) >= 11 is 0. The van der Waals surface area contributed by atoms with Crippen LogP contribution in [0.25, 0.3) is 0 Å². The lowest BCUT2D eigenvalue weighted by Crippen LogP contribution is -2.33. The Morgan fingerprint density at radius 1 is 1.25 bits per heavy atom. The lowest BCUT2D eigenvalue weighted by atomic mass is 9.91. The monoisotopic (exact) mass is 216 g/mol. The maximum absolute atomic E-state index is 11.9. The molecule has 2 aliphatic heterocycles. The summed E-state index contributed by atoms with van der Waals surface area (Å²) in [6, 6.07) is 3.77. The van der Waals surface area contributed by atoms with Crippen molar-refractivity contribution in [1.29, 1.82) is 0 Å². The van der Waals surface area contributed by atoms with Gasteiger partial charge in [-0.3, -0.25) is 9.59 Å². The summed E-state index contributed by atoms with van der Waals surface area (Å²) in [5.41, 5.74) is 3.48. The molecule has 0 saturated carbocycles. The highest BCUT2D eigenvalue weighted by Crippen LogP contribution is 2.33. The van der Waals surface area contributed by atoms with Crippen LogP contribution in [0, 0.1) is 5.92 Å². The zero-order chi connectivity index (χ0) is 11.3. The molecule has 1 unspecified atom stereocenters. The van der Waals surface area contributed by atoms with Gasteiger partial charge in [-0.05, 0) is 31.0 Å². The molecule has 1 aromatic carbocycles. The van der Waals surface area contributed by atoms with E-state index < -0.39 is 5.92 Å². The van der Waals surface area contributed by atoms with Gasteiger partial charge in [0.15, 0.2) is 5.78 Å². The highest BCUT2D eigenvalue weighted by molar-refractivity contribution is 6.21. The largest absolute Gasteiger partial charge is 0.384 e. The van der Waals surface area contributed by atoms with Crippen LogP contribution in [0.5, 0.6) is 0 Å². The predicted octanol–water partition coefficient (Wildman–Crippen LogP) is 1.43. The Morgan fingerprint density at radius 3 is 2.88 bits per heavy atom. The Kier molecular flexibility index (Phi) is 1.80. The number of anilines is 2. The Balaban J connectivity index is 2.16. The molecule has 0 aromatic heterocycles. The first-order chi connectivity index (χ1) is 7.66. The summed E-state index contributed by atoms with van der Waals surface area (Å²) in [6.07, 6.45) is 0.943. The lowest BCUT2D eigenvalue weighted by Gasteiger charge is -2.21. The van der Waals surface area contributed by atoms with E-state index in [0.717, 1.165) is 24.2 Å². The number of carbonyl (C=O) groups excluding carboxylic acids is 2. The van der Waals surface area contributed by atoms with Crippen molar-refractivity contribution in [3.8, 4) is 0 Å². The maximum Gasteiger partial charge on any atom is 0.235 e. The van der Waals surface area contributed by atoms with Crippen LogP contribution in [0.15, 0.2) is 12.1 Å². The second-order valence-corrected chi connectivity index (χ2v) is 4.31. The Hall–Kier alpha value is -1.84. The molecule has 3 rings (SSSR count). The number of ketones is 1. The van der Waals surface area contributed by atoms with Crippen molar-refractivity contribution in [2.24, 2.45) is 5.92 Å². The SMILES string of the molecule is CC1C(=O)Nc2cc3c(cc2C1=O)CCN3. The van der Waals surface area contributed by atoms with Crippen molar-refractivity contribution in [2.75, 3.05) is 17.2 Å². The number of carbonyl (C=O) groups is 2. The quantitative estimate of drug-likeness (QED) is 0.645. The summed E-state index contributed by atoms with van der Waals surface area (Å²) in [4.78, 5) is 23.5. The Labute approximate surface area is 93.0 Å². The number of Topliss-reactive ketones (excluding diaryl/α,β-unsaturated/α-hetero) is 1. The fourth-order valence-corrected chi connectivity index (χ4v) is 2.25. The first-order valence-electron chi connectivity index (χ1n) is 5.42. The van der Waals surface area contributed by atoms with Crippen molar-refractivity contribution in [3.63, 3.8) is 0 Å². The number of fused-ring (bicyclic) bond motifs is 2. The molecular formula is C12H12N2O2. The average molecular weight is 216 g/mol. The van der Waals surface area contributed by atoms with Crippen LogP contribution in [0.2, 0.25) is 0 Å². The molecule has 4 heteroatoms. The molecule has 2 heterocycles. The Morgan fingerprint density at radius 2 is 2.06 bits per heavy atom. The van der Waals surface area contributed by atoms with Gasteiger partial charge in [-0.2, -0.15) is 0 Å². The van der Waals surface area contributed by atoms with Gasteiger partial charge in [0.2, 0.25) is 5.91 Å². The van der Waals surface area contributed by atoms with Crippen molar-refractivity contribution < 1.29 is 9.59 Å². The number of hydrogen-bond donors (Lipinski definition) is 2. The summed E-state index contributed by atoms with van der Waals surface area (Å²) in [5.74, 6) is -0.858. The van der Waals surface area contributed by atoms with Crippen LogP contribution in [0.3, 0.4) is 0 Å². The van der Waals surface area contributed by atoms with E-state index in [0.29, 0.717) is 11.3 Å². The molecule has 2 aliphatic rings. The lowest BCUT2D eigenvalue weighted by molar-refractivity contribution is -0.118. The molecule has 0 aliphatic carbocycles. The van der Waals surface area contributed by atoms with Crippen molar-refractivity contribution in [3.05, 3.63) is 23.3 Å². The fraction of sp³-hybridized carbons (Fsp3) is 0.333. The van der Waals surface area contributed by atoms with E-state index in [-0.39, 0.29) is 11.7 Å². The number of amides is 1. The number of hydrogen-bond acceptors (Lipinski definition) is 3. The first kappa shape index (κ1) is 9.39. The molecule has 16 heavy (non-hydrogen) atoms. The maximum atomic E-state index is 11.9.